The highest BCUT2D eigenvalue weighted by atomic mass is 35.5. The van der Waals surface area contributed by atoms with Crippen LogP contribution in [0.1, 0.15) is 70.5 Å². The maximum Gasteiger partial charge on any atom is 0.246 e. The van der Waals surface area contributed by atoms with Crippen molar-refractivity contribution in [3.05, 3.63) is 47.2 Å². The molecule has 2 aromatic rings. The Bertz CT molecular complexity index is 1070. The third kappa shape index (κ3) is 5.08. The van der Waals surface area contributed by atoms with Gasteiger partial charge in [0.05, 0.1) is 11.6 Å². The number of halogens is 1. The quantitative estimate of drug-likeness (QED) is 0.522. The standard InChI is InChI=1S/C29H38ClN3O3/c1-2-16-33-27(34)25(19-21-8-4-3-5-9-21)31-28(35)29(33)14-17-32(18-15-29)20-22-12-13-26(36-22)23-10-6-7-11-24(23)30/h6-7,10-13,21,25H,2-5,8-9,14-20H2,1H3,(H,31,35). The van der Waals surface area contributed by atoms with Crippen molar-refractivity contribution >= 4 is 23.4 Å². The van der Waals surface area contributed by atoms with Gasteiger partial charge in [-0.1, -0.05) is 62.8 Å². The first-order chi connectivity index (χ1) is 17.5. The fourth-order valence-electron chi connectivity index (χ4n) is 6.41. The Morgan fingerprint density at radius 1 is 1.06 bits per heavy atom. The van der Waals surface area contributed by atoms with Crippen LogP contribution >= 0.6 is 11.6 Å². The van der Waals surface area contributed by atoms with Crippen LogP contribution in [0, 0.1) is 5.92 Å². The number of benzene rings is 1. The lowest BCUT2D eigenvalue weighted by Gasteiger charge is -2.52. The lowest BCUT2D eigenvalue weighted by atomic mass is 9.79. The molecule has 1 aromatic carbocycles. The van der Waals surface area contributed by atoms with E-state index < -0.39 is 5.54 Å². The third-order valence-corrected chi connectivity index (χ3v) is 8.74. The minimum absolute atomic E-state index is 0.0509. The van der Waals surface area contributed by atoms with E-state index in [2.05, 4.69) is 17.1 Å². The number of likely N-dealkylation sites (tertiary alicyclic amines) is 1. The van der Waals surface area contributed by atoms with E-state index >= 15 is 0 Å². The minimum Gasteiger partial charge on any atom is -0.460 e. The Morgan fingerprint density at radius 2 is 1.81 bits per heavy atom. The molecular formula is C29H38ClN3O3. The van der Waals surface area contributed by atoms with Gasteiger partial charge in [-0.3, -0.25) is 14.5 Å². The van der Waals surface area contributed by atoms with Gasteiger partial charge in [-0.15, -0.1) is 0 Å². The summed E-state index contributed by atoms with van der Waals surface area (Å²) in [7, 11) is 0. The van der Waals surface area contributed by atoms with Gasteiger partial charge in [0.1, 0.15) is 23.1 Å². The molecule has 7 heteroatoms. The second kappa shape index (κ2) is 11.0. The van der Waals surface area contributed by atoms with Gasteiger partial charge in [0, 0.05) is 25.2 Å². The summed E-state index contributed by atoms with van der Waals surface area (Å²) in [5.74, 6) is 2.37. The van der Waals surface area contributed by atoms with Crippen LogP contribution in [0.2, 0.25) is 5.02 Å². The molecule has 2 saturated heterocycles. The van der Waals surface area contributed by atoms with E-state index in [-0.39, 0.29) is 17.9 Å². The lowest BCUT2D eigenvalue weighted by molar-refractivity contribution is -0.162. The normalized spacial score (nSPS) is 23.3. The molecule has 2 amide bonds. The molecule has 0 radical (unpaired) electrons. The van der Waals surface area contributed by atoms with E-state index in [1.165, 1.54) is 32.1 Å². The fourth-order valence-corrected chi connectivity index (χ4v) is 6.64. The molecule has 1 aromatic heterocycles. The van der Waals surface area contributed by atoms with Gasteiger partial charge in [0.25, 0.3) is 0 Å². The summed E-state index contributed by atoms with van der Waals surface area (Å²) in [6.07, 6.45) is 9.09. The van der Waals surface area contributed by atoms with E-state index in [0.717, 1.165) is 43.0 Å². The monoisotopic (exact) mass is 511 g/mol. The molecule has 1 saturated carbocycles. The minimum atomic E-state index is -0.724. The van der Waals surface area contributed by atoms with Crippen molar-refractivity contribution in [1.82, 2.24) is 15.1 Å². The molecule has 36 heavy (non-hydrogen) atoms. The predicted octanol–water partition coefficient (Wildman–Crippen LogP) is 5.64. The van der Waals surface area contributed by atoms with Gasteiger partial charge >= 0.3 is 0 Å². The molecule has 3 aliphatic rings. The molecule has 3 fully saturated rings. The number of furan rings is 1. The number of piperazine rings is 1. The summed E-state index contributed by atoms with van der Waals surface area (Å²) in [5.41, 5.74) is 0.164. The van der Waals surface area contributed by atoms with Crippen molar-refractivity contribution in [1.29, 1.82) is 0 Å². The Labute approximate surface area is 219 Å². The summed E-state index contributed by atoms with van der Waals surface area (Å²) >= 11 is 6.33. The summed E-state index contributed by atoms with van der Waals surface area (Å²) in [5, 5.41) is 3.84. The SMILES string of the molecule is CCCN1C(=O)C(CC2CCCCC2)NC(=O)C12CCN(Cc1ccc(-c3ccccc3Cl)o1)CC2. The van der Waals surface area contributed by atoms with Crippen molar-refractivity contribution in [2.24, 2.45) is 5.92 Å². The molecule has 0 bridgehead atoms. The maximum absolute atomic E-state index is 13.6. The third-order valence-electron chi connectivity index (χ3n) is 8.41. The smallest absolute Gasteiger partial charge is 0.246 e. The zero-order valence-electron chi connectivity index (χ0n) is 21.3. The van der Waals surface area contributed by atoms with Crippen LogP contribution in [0.15, 0.2) is 40.8 Å². The van der Waals surface area contributed by atoms with Crippen LogP contribution < -0.4 is 5.32 Å². The van der Waals surface area contributed by atoms with E-state index in [4.69, 9.17) is 16.0 Å². The number of nitrogens with one attached hydrogen (secondary N) is 1. The van der Waals surface area contributed by atoms with Crippen LogP contribution in [0.4, 0.5) is 0 Å². The molecule has 5 rings (SSSR count). The van der Waals surface area contributed by atoms with Crippen LogP contribution in [0.25, 0.3) is 11.3 Å². The topological polar surface area (TPSA) is 65.8 Å². The average molecular weight is 512 g/mol. The Hall–Kier alpha value is -2.31. The highest BCUT2D eigenvalue weighted by Gasteiger charge is 2.53. The second-order valence-corrected chi connectivity index (χ2v) is 11.2. The second-order valence-electron chi connectivity index (χ2n) is 10.8. The summed E-state index contributed by atoms with van der Waals surface area (Å²) in [4.78, 5) is 31.4. The predicted molar refractivity (Wildman–Crippen MR) is 142 cm³/mol. The highest BCUT2D eigenvalue weighted by Crippen LogP contribution is 2.36. The molecule has 2 aliphatic heterocycles. The molecule has 1 aliphatic carbocycles. The van der Waals surface area contributed by atoms with Crippen molar-refractivity contribution < 1.29 is 14.0 Å². The zero-order chi connectivity index (χ0) is 25.1. The molecule has 1 N–H and O–H groups in total. The lowest BCUT2D eigenvalue weighted by Crippen LogP contribution is -2.73. The van der Waals surface area contributed by atoms with Crippen molar-refractivity contribution in [3.8, 4) is 11.3 Å². The number of carbonyl (C=O) groups excluding carboxylic acids is 2. The molecular weight excluding hydrogens is 474 g/mol. The fraction of sp³-hybridized carbons (Fsp3) is 0.586. The largest absolute Gasteiger partial charge is 0.460 e. The number of rotatable bonds is 7. The maximum atomic E-state index is 13.6. The average Bonchev–Trinajstić information content (AvgIpc) is 3.35. The Morgan fingerprint density at radius 3 is 2.53 bits per heavy atom. The summed E-state index contributed by atoms with van der Waals surface area (Å²) < 4.78 is 6.10. The van der Waals surface area contributed by atoms with Crippen LogP contribution in [-0.2, 0) is 16.1 Å². The number of hydrogen-bond acceptors (Lipinski definition) is 4. The molecule has 1 spiro atoms. The first kappa shape index (κ1) is 25.3. The Kier molecular flexibility index (Phi) is 7.73. The van der Waals surface area contributed by atoms with Gasteiger partial charge in [-0.05, 0) is 55.9 Å². The number of amides is 2. The molecule has 1 unspecified atom stereocenters. The van der Waals surface area contributed by atoms with Crippen LogP contribution in [0.3, 0.4) is 0 Å². The van der Waals surface area contributed by atoms with Gasteiger partial charge in [0.2, 0.25) is 11.8 Å². The first-order valence-electron chi connectivity index (χ1n) is 13.7. The van der Waals surface area contributed by atoms with Crippen LogP contribution in [-0.4, -0.2) is 52.8 Å². The van der Waals surface area contributed by atoms with E-state index in [1.54, 1.807) is 0 Å². The van der Waals surface area contributed by atoms with Gasteiger partial charge in [-0.2, -0.15) is 0 Å². The van der Waals surface area contributed by atoms with Gasteiger partial charge in [0.15, 0.2) is 0 Å². The van der Waals surface area contributed by atoms with Crippen molar-refractivity contribution in [2.45, 2.75) is 82.8 Å². The highest BCUT2D eigenvalue weighted by molar-refractivity contribution is 6.33. The van der Waals surface area contributed by atoms with E-state index in [9.17, 15) is 9.59 Å². The van der Waals surface area contributed by atoms with E-state index in [0.29, 0.717) is 36.9 Å². The first-order valence-corrected chi connectivity index (χ1v) is 14.1. The number of carbonyl (C=O) groups is 2. The summed E-state index contributed by atoms with van der Waals surface area (Å²) in [6, 6.07) is 11.3. The summed E-state index contributed by atoms with van der Waals surface area (Å²) in [6.45, 7) is 4.90. The molecule has 194 valence electrons. The zero-order valence-corrected chi connectivity index (χ0v) is 22.1. The van der Waals surface area contributed by atoms with Gasteiger partial charge in [-0.25, -0.2) is 0 Å². The van der Waals surface area contributed by atoms with E-state index in [1.807, 2.05) is 41.3 Å². The van der Waals surface area contributed by atoms with Crippen molar-refractivity contribution in [3.63, 3.8) is 0 Å². The number of hydrogen-bond donors (Lipinski definition) is 1. The Balaban J connectivity index is 1.23. The molecule has 1 atom stereocenters. The van der Waals surface area contributed by atoms with Crippen LogP contribution in [0.5, 0.6) is 0 Å². The number of nitrogens with zero attached hydrogens (tertiary/aromatic N) is 2. The van der Waals surface area contributed by atoms with Crippen molar-refractivity contribution in [2.75, 3.05) is 19.6 Å². The number of piperidine rings is 1. The van der Waals surface area contributed by atoms with Gasteiger partial charge < -0.3 is 14.6 Å². The molecule has 3 heterocycles. The molecule has 6 nitrogen and oxygen atoms in total.